The van der Waals surface area contributed by atoms with E-state index < -0.39 is 5.97 Å². The van der Waals surface area contributed by atoms with Crippen molar-refractivity contribution in [2.45, 2.75) is 32.7 Å². The second-order valence-corrected chi connectivity index (χ2v) is 9.38. The Bertz CT molecular complexity index is 1290. The fourth-order valence-electron chi connectivity index (χ4n) is 5.06. The third kappa shape index (κ3) is 4.86. The molecule has 0 bridgehead atoms. The number of carboxylic acids is 1. The monoisotopic (exact) mass is 491 g/mol. The molecule has 0 radical (unpaired) electrons. The Hall–Kier alpha value is -3.65. The van der Waals surface area contributed by atoms with Gasteiger partial charge >= 0.3 is 5.97 Å². The summed E-state index contributed by atoms with van der Waals surface area (Å²) in [7, 11) is 0. The molecule has 1 aromatic heterocycles. The number of carbonyl (C=O) groups is 1. The minimum atomic E-state index is -0.824. The summed E-state index contributed by atoms with van der Waals surface area (Å²) in [4.78, 5) is 17.5. The number of aromatic nitrogens is 1. The number of halogens is 1. The van der Waals surface area contributed by atoms with Gasteiger partial charge in [0.2, 0.25) is 0 Å². The number of fused-ring (bicyclic) bond motifs is 1. The molecule has 2 aliphatic rings. The number of nitrogens with one attached hydrogen (secondary N) is 1. The lowest BCUT2D eigenvalue weighted by molar-refractivity contribution is -0.137. The van der Waals surface area contributed by atoms with Crippen LogP contribution in [0.1, 0.15) is 34.6 Å². The number of morpholine rings is 1. The molecule has 36 heavy (non-hydrogen) atoms. The van der Waals surface area contributed by atoms with Gasteiger partial charge in [-0.3, -0.25) is 4.79 Å². The molecule has 1 saturated heterocycles. The number of pyridine rings is 1. The fourth-order valence-corrected chi connectivity index (χ4v) is 5.06. The summed E-state index contributed by atoms with van der Waals surface area (Å²) in [6.07, 6.45) is 1.82. The number of rotatable bonds is 7. The van der Waals surface area contributed by atoms with Crippen molar-refractivity contribution in [2.75, 3.05) is 43.1 Å². The second kappa shape index (κ2) is 10.1. The van der Waals surface area contributed by atoms with Crippen molar-refractivity contribution < 1.29 is 23.8 Å². The van der Waals surface area contributed by atoms with Crippen LogP contribution in [0, 0.1) is 19.7 Å². The first kappa shape index (κ1) is 24.1. The lowest BCUT2D eigenvalue weighted by Gasteiger charge is -2.28. The highest BCUT2D eigenvalue weighted by Crippen LogP contribution is 2.38. The normalized spacial score (nSPS) is 17.0. The van der Waals surface area contributed by atoms with Gasteiger partial charge in [0, 0.05) is 54.6 Å². The smallest absolute Gasteiger partial charge is 0.304 e. The van der Waals surface area contributed by atoms with Gasteiger partial charge < -0.3 is 24.8 Å². The maximum Gasteiger partial charge on any atom is 0.304 e. The highest BCUT2D eigenvalue weighted by atomic mass is 19.1. The summed E-state index contributed by atoms with van der Waals surface area (Å²) in [6, 6.07) is 11.5. The molecule has 3 heterocycles. The molecular weight excluding hydrogens is 461 g/mol. The summed E-state index contributed by atoms with van der Waals surface area (Å²) in [5.41, 5.74) is 6.81. The second-order valence-electron chi connectivity index (χ2n) is 9.38. The quantitative estimate of drug-likeness (QED) is 0.486. The third-order valence-corrected chi connectivity index (χ3v) is 7.00. The molecule has 188 valence electrons. The molecule has 0 saturated carbocycles. The standard InChI is InChI=1S/C28H30FN3O4/c1-17-3-4-19(14-30-22-5-6-23-21(12-26(33)34)16-36-25(23)13-22)18(2)27(17)20-11-24(29)28(31-15-20)32-7-9-35-10-8-32/h3-6,11,13,15,21,30H,7-10,12,14,16H2,1-2H3,(H,33,34). The molecule has 1 atom stereocenters. The number of ether oxygens (including phenoxy) is 2. The molecule has 2 N–H and O–H groups in total. The van der Waals surface area contributed by atoms with Gasteiger partial charge in [0.1, 0.15) is 5.75 Å². The van der Waals surface area contributed by atoms with Gasteiger partial charge in [0.25, 0.3) is 0 Å². The van der Waals surface area contributed by atoms with E-state index in [4.69, 9.17) is 14.6 Å². The van der Waals surface area contributed by atoms with Crippen LogP contribution in [0.2, 0.25) is 0 Å². The van der Waals surface area contributed by atoms with Gasteiger partial charge in [0.15, 0.2) is 11.6 Å². The Kier molecular flexibility index (Phi) is 6.78. The van der Waals surface area contributed by atoms with E-state index in [1.807, 2.05) is 30.0 Å². The summed E-state index contributed by atoms with van der Waals surface area (Å²) in [5.74, 6) is -0.155. The first-order valence-electron chi connectivity index (χ1n) is 12.2. The third-order valence-electron chi connectivity index (χ3n) is 7.00. The van der Waals surface area contributed by atoms with Crippen molar-refractivity contribution in [2.24, 2.45) is 0 Å². The molecular formula is C28H30FN3O4. The van der Waals surface area contributed by atoms with Crippen molar-refractivity contribution in [1.82, 2.24) is 4.98 Å². The van der Waals surface area contributed by atoms with Crippen molar-refractivity contribution in [3.8, 4) is 16.9 Å². The number of aryl methyl sites for hydroxylation is 1. The molecule has 2 aliphatic heterocycles. The molecule has 1 fully saturated rings. The highest BCUT2D eigenvalue weighted by Gasteiger charge is 2.26. The van der Waals surface area contributed by atoms with E-state index >= 15 is 4.39 Å². The molecule has 0 spiro atoms. The number of carboxylic acid groups (broad SMARTS) is 1. The first-order valence-corrected chi connectivity index (χ1v) is 12.2. The van der Waals surface area contributed by atoms with Crippen molar-refractivity contribution in [3.63, 3.8) is 0 Å². The maximum atomic E-state index is 15.1. The predicted octanol–water partition coefficient (Wildman–Crippen LogP) is 4.90. The number of nitrogens with zero attached hydrogens (tertiary/aromatic N) is 2. The summed E-state index contributed by atoms with van der Waals surface area (Å²) in [6.45, 7) is 7.48. The van der Waals surface area contributed by atoms with Crippen LogP contribution < -0.4 is 15.0 Å². The van der Waals surface area contributed by atoms with Gasteiger partial charge in [-0.05, 0) is 48.2 Å². The zero-order chi connectivity index (χ0) is 25.2. The lowest BCUT2D eigenvalue weighted by Crippen LogP contribution is -2.37. The van der Waals surface area contributed by atoms with Gasteiger partial charge in [-0.1, -0.05) is 18.2 Å². The van der Waals surface area contributed by atoms with Gasteiger partial charge in [0.05, 0.1) is 26.2 Å². The number of anilines is 2. The minimum absolute atomic E-state index is 0.0635. The average Bonchev–Trinajstić information content (AvgIpc) is 3.25. The maximum absolute atomic E-state index is 15.1. The summed E-state index contributed by atoms with van der Waals surface area (Å²) < 4.78 is 26.2. The van der Waals surface area contributed by atoms with E-state index in [1.54, 1.807) is 12.3 Å². The minimum Gasteiger partial charge on any atom is -0.493 e. The van der Waals surface area contributed by atoms with Crippen LogP contribution >= 0.6 is 0 Å². The number of benzene rings is 2. The highest BCUT2D eigenvalue weighted by molar-refractivity contribution is 5.73. The Balaban J connectivity index is 1.34. The van der Waals surface area contributed by atoms with Crippen LogP contribution in [0.5, 0.6) is 5.75 Å². The van der Waals surface area contributed by atoms with Crippen LogP contribution in [0.15, 0.2) is 42.6 Å². The van der Waals surface area contributed by atoms with E-state index in [0.717, 1.165) is 44.8 Å². The fraction of sp³-hybridized carbons (Fsp3) is 0.357. The number of hydrogen-bond acceptors (Lipinski definition) is 6. The SMILES string of the molecule is Cc1ccc(CNc2ccc3c(c2)OCC3CC(=O)O)c(C)c1-c1cnc(N2CCOCC2)c(F)c1. The molecule has 0 aliphatic carbocycles. The van der Waals surface area contributed by atoms with E-state index in [1.165, 1.54) is 0 Å². The molecule has 2 aromatic carbocycles. The van der Waals surface area contributed by atoms with Crippen LogP contribution in [0.4, 0.5) is 15.9 Å². The Morgan fingerprint density at radius 2 is 2.00 bits per heavy atom. The largest absolute Gasteiger partial charge is 0.493 e. The molecule has 8 heteroatoms. The van der Waals surface area contributed by atoms with Crippen molar-refractivity contribution in [1.29, 1.82) is 0 Å². The Morgan fingerprint density at radius 3 is 2.75 bits per heavy atom. The summed E-state index contributed by atoms with van der Waals surface area (Å²) in [5, 5.41) is 12.5. The van der Waals surface area contributed by atoms with E-state index in [0.29, 0.717) is 45.3 Å². The first-order chi connectivity index (χ1) is 17.4. The summed E-state index contributed by atoms with van der Waals surface area (Å²) >= 11 is 0. The lowest BCUT2D eigenvalue weighted by atomic mass is 9.93. The predicted molar refractivity (Wildman–Crippen MR) is 136 cm³/mol. The molecule has 7 nitrogen and oxygen atoms in total. The van der Waals surface area contributed by atoms with Crippen LogP contribution in [-0.2, 0) is 16.1 Å². The number of aliphatic carboxylic acids is 1. The molecule has 3 aromatic rings. The van der Waals surface area contributed by atoms with Crippen molar-refractivity contribution >= 4 is 17.5 Å². The van der Waals surface area contributed by atoms with Crippen molar-refractivity contribution in [3.05, 3.63) is 70.7 Å². The average molecular weight is 492 g/mol. The topological polar surface area (TPSA) is 83.9 Å². The van der Waals surface area contributed by atoms with Gasteiger partial charge in [-0.2, -0.15) is 0 Å². The van der Waals surface area contributed by atoms with Crippen LogP contribution in [-0.4, -0.2) is 49.0 Å². The zero-order valence-corrected chi connectivity index (χ0v) is 20.5. The Labute approximate surface area is 209 Å². The molecule has 1 unspecified atom stereocenters. The van der Waals surface area contributed by atoms with Gasteiger partial charge in [-0.25, -0.2) is 9.37 Å². The zero-order valence-electron chi connectivity index (χ0n) is 20.5. The van der Waals surface area contributed by atoms with E-state index in [-0.39, 0.29) is 18.2 Å². The van der Waals surface area contributed by atoms with E-state index in [2.05, 4.69) is 29.4 Å². The van der Waals surface area contributed by atoms with Crippen LogP contribution in [0.3, 0.4) is 0 Å². The molecule has 5 rings (SSSR count). The van der Waals surface area contributed by atoms with E-state index in [9.17, 15) is 4.79 Å². The number of hydrogen-bond donors (Lipinski definition) is 2. The van der Waals surface area contributed by atoms with Crippen LogP contribution in [0.25, 0.3) is 11.1 Å². The molecule has 0 amide bonds. The Morgan fingerprint density at radius 1 is 1.19 bits per heavy atom. The van der Waals surface area contributed by atoms with Gasteiger partial charge in [-0.15, -0.1) is 0 Å².